The van der Waals surface area contributed by atoms with Gasteiger partial charge in [-0.25, -0.2) is 4.98 Å². The van der Waals surface area contributed by atoms with Crippen molar-refractivity contribution in [2.75, 3.05) is 0 Å². The van der Waals surface area contributed by atoms with Crippen LogP contribution in [0.25, 0.3) is 0 Å². The highest BCUT2D eigenvalue weighted by Crippen LogP contribution is 2.21. The van der Waals surface area contributed by atoms with Crippen molar-refractivity contribution in [1.82, 2.24) is 9.97 Å². The Morgan fingerprint density at radius 2 is 2.33 bits per heavy atom. The molecule has 1 rings (SSSR count). The molecular formula is C8H12N2O2. The van der Waals surface area contributed by atoms with Gasteiger partial charge < -0.3 is 10.1 Å². The van der Waals surface area contributed by atoms with Crippen LogP contribution < -0.4 is 0 Å². The van der Waals surface area contributed by atoms with E-state index in [0.717, 1.165) is 0 Å². The highest BCUT2D eigenvalue weighted by molar-refractivity contribution is 5.75. The fraction of sp³-hybridized carbons (Fsp3) is 0.500. The number of aromatic amines is 1. The van der Waals surface area contributed by atoms with E-state index in [1.54, 1.807) is 6.20 Å². The van der Waals surface area contributed by atoms with E-state index < -0.39 is 11.9 Å². The van der Waals surface area contributed by atoms with E-state index in [2.05, 4.69) is 9.97 Å². The highest BCUT2D eigenvalue weighted by atomic mass is 16.4. The molecule has 0 amide bonds. The Bertz CT molecular complexity index is 254. The van der Waals surface area contributed by atoms with Crippen LogP contribution in [0.4, 0.5) is 0 Å². The first-order valence-electron chi connectivity index (χ1n) is 3.84. The minimum absolute atomic E-state index is 0.0722. The maximum atomic E-state index is 10.8. The zero-order chi connectivity index (χ0) is 9.14. The summed E-state index contributed by atoms with van der Waals surface area (Å²) in [4.78, 5) is 17.4. The molecule has 4 nitrogen and oxygen atoms in total. The van der Waals surface area contributed by atoms with E-state index in [9.17, 15) is 4.79 Å². The Morgan fingerprint density at radius 1 is 1.67 bits per heavy atom. The number of imidazole rings is 1. The second-order valence-electron chi connectivity index (χ2n) is 3.07. The van der Waals surface area contributed by atoms with Gasteiger partial charge in [0.05, 0.1) is 6.33 Å². The maximum absolute atomic E-state index is 10.8. The molecule has 1 aromatic heterocycles. The van der Waals surface area contributed by atoms with Gasteiger partial charge in [0.15, 0.2) is 0 Å². The van der Waals surface area contributed by atoms with Gasteiger partial charge in [-0.1, -0.05) is 13.8 Å². The van der Waals surface area contributed by atoms with E-state index in [1.807, 2.05) is 13.8 Å². The Kier molecular flexibility index (Phi) is 2.47. The van der Waals surface area contributed by atoms with Gasteiger partial charge in [0.2, 0.25) is 0 Å². The third kappa shape index (κ3) is 1.64. The second kappa shape index (κ2) is 3.38. The van der Waals surface area contributed by atoms with Crippen molar-refractivity contribution in [3.8, 4) is 0 Å². The van der Waals surface area contributed by atoms with Gasteiger partial charge in [-0.2, -0.15) is 0 Å². The molecule has 0 saturated heterocycles. The molecule has 0 aliphatic heterocycles. The van der Waals surface area contributed by atoms with Crippen molar-refractivity contribution in [2.45, 2.75) is 19.8 Å². The molecule has 0 spiro atoms. The van der Waals surface area contributed by atoms with Gasteiger partial charge in [-0.15, -0.1) is 0 Å². The van der Waals surface area contributed by atoms with Crippen molar-refractivity contribution < 1.29 is 9.90 Å². The summed E-state index contributed by atoms with van der Waals surface area (Å²) in [6.07, 6.45) is 3.05. The molecule has 1 aromatic rings. The number of nitrogens with one attached hydrogen (secondary N) is 1. The standard InChI is InChI=1S/C8H12N2O2/c1-5(2)7(8(11)12)6-3-9-4-10-6/h3-5,7H,1-2H3,(H,9,10)(H,11,12). The molecule has 4 heteroatoms. The summed E-state index contributed by atoms with van der Waals surface area (Å²) in [5.41, 5.74) is 0.664. The van der Waals surface area contributed by atoms with Crippen LogP contribution >= 0.6 is 0 Å². The Morgan fingerprint density at radius 3 is 2.67 bits per heavy atom. The number of carboxylic acid groups (broad SMARTS) is 1. The Labute approximate surface area is 70.6 Å². The van der Waals surface area contributed by atoms with Crippen LogP contribution in [0.1, 0.15) is 25.5 Å². The lowest BCUT2D eigenvalue weighted by atomic mass is 9.93. The number of hydrogen-bond acceptors (Lipinski definition) is 2. The monoisotopic (exact) mass is 168 g/mol. The molecule has 66 valence electrons. The van der Waals surface area contributed by atoms with Crippen molar-refractivity contribution in [2.24, 2.45) is 5.92 Å². The van der Waals surface area contributed by atoms with Crippen LogP contribution in [0.3, 0.4) is 0 Å². The number of aliphatic carboxylic acids is 1. The number of carboxylic acids is 1. The molecule has 0 fully saturated rings. The summed E-state index contributed by atoms with van der Waals surface area (Å²) >= 11 is 0. The molecule has 2 N–H and O–H groups in total. The molecule has 0 saturated carbocycles. The van der Waals surface area contributed by atoms with Gasteiger partial charge >= 0.3 is 5.97 Å². The minimum atomic E-state index is -0.811. The fourth-order valence-electron chi connectivity index (χ4n) is 1.21. The lowest BCUT2D eigenvalue weighted by Gasteiger charge is -2.13. The van der Waals surface area contributed by atoms with Crippen LogP contribution in [0.5, 0.6) is 0 Å². The first kappa shape index (κ1) is 8.77. The van der Waals surface area contributed by atoms with Crippen molar-refractivity contribution in [1.29, 1.82) is 0 Å². The number of hydrogen-bond donors (Lipinski definition) is 2. The number of H-pyrrole nitrogens is 1. The van der Waals surface area contributed by atoms with E-state index >= 15 is 0 Å². The third-order valence-electron chi connectivity index (χ3n) is 1.79. The molecular weight excluding hydrogens is 156 g/mol. The average molecular weight is 168 g/mol. The fourth-order valence-corrected chi connectivity index (χ4v) is 1.21. The minimum Gasteiger partial charge on any atom is -0.481 e. The van der Waals surface area contributed by atoms with Crippen LogP contribution in [0, 0.1) is 5.92 Å². The number of rotatable bonds is 3. The van der Waals surface area contributed by atoms with E-state index in [-0.39, 0.29) is 5.92 Å². The molecule has 0 radical (unpaired) electrons. The van der Waals surface area contributed by atoms with Crippen LogP contribution in [-0.4, -0.2) is 21.0 Å². The summed E-state index contributed by atoms with van der Waals surface area (Å²) in [6, 6.07) is 0. The topological polar surface area (TPSA) is 66.0 Å². The smallest absolute Gasteiger partial charge is 0.312 e. The first-order chi connectivity index (χ1) is 5.63. The number of nitrogens with zero attached hydrogens (tertiary/aromatic N) is 1. The Balaban J connectivity index is 2.88. The van der Waals surface area contributed by atoms with Crippen molar-refractivity contribution >= 4 is 5.97 Å². The van der Waals surface area contributed by atoms with Gasteiger partial charge in [0.25, 0.3) is 0 Å². The van der Waals surface area contributed by atoms with Crippen LogP contribution in [0.15, 0.2) is 12.5 Å². The lowest BCUT2D eigenvalue weighted by Crippen LogP contribution is -2.17. The normalized spacial score (nSPS) is 13.2. The third-order valence-corrected chi connectivity index (χ3v) is 1.79. The predicted molar refractivity (Wildman–Crippen MR) is 43.8 cm³/mol. The Hall–Kier alpha value is -1.32. The largest absolute Gasteiger partial charge is 0.481 e. The van der Waals surface area contributed by atoms with Crippen molar-refractivity contribution in [3.05, 3.63) is 18.2 Å². The van der Waals surface area contributed by atoms with E-state index in [0.29, 0.717) is 5.69 Å². The van der Waals surface area contributed by atoms with Crippen molar-refractivity contribution in [3.63, 3.8) is 0 Å². The molecule has 0 aliphatic carbocycles. The zero-order valence-electron chi connectivity index (χ0n) is 7.11. The molecule has 1 unspecified atom stereocenters. The average Bonchev–Trinajstić information content (AvgIpc) is 2.37. The summed E-state index contributed by atoms with van der Waals surface area (Å²) < 4.78 is 0. The van der Waals surface area contributed by atoms with Gasteiger partial charge in [0.1, 0.15) is 5.92 Å². The predicted octanol–water partition coefficient (Wildman–Crippen LogP) is 1.23. The first-order valence-corrected chi connectivity index (χ1v) is 3.84. The summed E-state index contributed by atoms with van der Waals surface area (Å²) in [6.45, 7) is 3.75. The molecule has 0 bridgehead atoms. The summed E-state index contributed by atoms with van der Waals surface area (Å²) in [5.74, 6) is -1.22. The lowest BCUT2D eigenvalue weighted by molar-refractivity contribution is -0.139. The SMILES string of the molecule is CC(C)C(C(=O)O)c1cnc[nH]1. The molecule has 0 aliphatic rings. The molecule has 0 aromatic carbocycles. The number of carbonyl (C=O) groups is 1. The van der Waals surface area contributed by atoms with Gasteiger partial charge in [-0.3, -0.25) is 4.79 Å². The maximum Gasteiger partial charge on any atom is 0.312 e. The second-order valence-corrected chi connectivity index (χ2v) is 3.07. The quantitative estimate of drug-likeness (QED) is 0.713. The molecule has 1 atom stereocenters. The zero-order valence-corrected chi connectivity index (χ0v) is 7.11. The van der Waals surface area contributed by atoms with Gasteiger partial charge in [-0.05, 0) is 5.92 Å². The summed E-state index contributed by atoms with van der Waals surface area (Å²) in [7, 11) is 0. The summed E-state index contributed by atoms with van der Waals surface area (Å²) in [5, 5.41) is 8.87. The molecule has 1 heterocycles. The number of aromatic nitrogens is 2. The van der Waals surface area contributed by atoms with Crippen LogP contribution in [-0.2, 0) is 4.79 Å². The van der Waals surface area contributed by atoms with Crippen LogP contribution in [0.2, 0.25) is 0 Å². The van der Waals surface area contributed by atoms with Gasteiger partial charge in [0, 0.05) is 11.9 Å². The highest BCUT2D eigenvalue weighted by Gasteiger charge is 2.24. The molecule has 12 heavy (non-hydrogen) atoms. The van der Waals surface area contributed by atoms with E-state index in [4.69, 9.17) is 5.11 Å². The van der Waals surface area contributed by atoms with E-state index in [1.165, 1.54) is 6.33 Å².